The lowest BCUT2D eigenvalue weighted by Crippen LogP contribution is -2.45. The molecular weight excluding hydrogens is 470 g/mol. The molecule has 1 aromatic carbocycles. The molecule has 2 unspecified atom stereocenters. The van der Waals surface area contributed by atoms with E-state index < -0.39 is 12.0 Å². The van der Waals surface area contributed by atoms with E-state index in [0.29, 0.717) is 38.5 Å². The van der Waals surface area contributed by atoms with Gasteiger partial charge in [-0.3, -0.25) is 9.59 Å². The number of halogens is 1. The topological polar surface area (TPSA) is 117 Å². The number of rotatable bonds is 7. The number of aryl methyl sites for hydroxylation is 1. The van der Waals surface area contributed by atoms with Gasteiger partial charge in [0.2, 0.25) is 0 Å². The molecule has 2 aromatic rings. The molecule has 184 valence electrons. The SMILES string of the molecule is Cc1cc(-c2ccccc2)cnc1NC(=O)/C(NC1CCN(C(=O)C2COCCO2)C1)=C(\Cl)C=N. The third-order valence-corrected chi connectivity index (χ3v) is 6.25. The summed E-state index contributed by atoms with van der Waals surface area (Å²) in [6.07, 6.45) is 2.64. The number of amides is 2. The van der Waals surface area contributed by atoms with Crippen LogP contribution in [0.15, 0.2) is 53.3 Å². The van der Waals surface area contributed by atoms with Crippen LogP contribution in [0, 0.1) is 12.3 Å². The van der Waals surface area contributed by atoms with Crippen molar-refractivity contribution < 1.29 is 19.1 Å². The van der Waals surface area contributed by atoms with Gasteiger partial charge in [-0.15, -0.1) is 0 Å². The third kappa shape index (κ3) is 6.05. The van der Waals surface area contributed by atoms with Gasteiger partial charge >= 0.3 is 0 Å². The fraction of sp³-hybridized carbons (Fsp3) is 0.360. The van der Waals surface area contributed by atoms with E-state index in [1.165, 1.54) is 0 Å². The second kappa shape index (κ2) is 11.4. The van der Waals surface area contributed by atoms with Crippen molar-refractivity contribution in [2.24, 2.45) is 0 Å². The lowest BCUT2D eigenvalue weighted by atomic mass is 10.1. The standard InChI is InChI=1S/C25H28ClN5O4/c1-16-11-18(17-5-3-2-4-6-17)13-28-23(16)30-24(32)22(20(26)12-27)29-19-7-8-31(14-19)25(33)21-15-34-9-10-35-21/h2-6,11-13,19,21,27,29H,7-10,14-15H2,1H3,(H,28,30,32)/b22-20+,27-12?. The Hall–Kier alpha value is -3.27. The number of pyridine rings is 1. The van der Waals surface area contributed by atoms with Crippen LogP contribution in [0.4, 0.5) is 5.82 Å². The van der Waals surface area contributed by atoms with Gasteiger partial charge in [-0.2, -0.15) is 0 Å². The third-order valence-electron chi connectivity index (χ3n) is 5.95. The summed E-state index contributed by atoms with van der Waals surface area (Å²) < 4.78 is 10.8. The molecule has 0 radical (unpaired) electrons. The van der Waals surface area contributed by atoms with E-state index in [4.69, 9.17) is 26.5 Å². The van der Waals surface area contributed by atoms with E-state index in [0.717, 1.165) is 22.9 Å². The highest BCUT2D eigenvalue weighted by atomic mass is 35.5. The van der Waals surface area contributed by atoms with E-state index in [1.54, 1.807) is 11.1 Å². The van der Waals surface area contributed by atoms with Crippen LogP contribution in [0.3, 0.4) is 0 Å². The molecule has 2 amide bonds. The monoisotopic (exact) mass is 497 g/mol. The maximum atomic E-state index is 13.1. The second-order valence-electron chi connectivity index (χ2n) is 8.43. The summed E-state index contributed by atoms with van der Waals surface area (Å²) in [5.74, 6) is -0.225. The molecule has 2 saturated heterocycles. The van der Waals surface area contributed by atoms with Crippen LogP contribution >= 0.6 is 11.6 Å². The maximum absolute atomic E-state index is 13.1. The summed E-state index contributed by atoms with van der Waals surface area (Å²) in [6.45, 7) is 3.91. The molecule has 0 aliphatic carbocycles. The van der Waals surface area contributed by atoms with Crippen LogP contribution in [-0.4, -0.2) is 73.0 Å². The van der Waals surface area contributed by atoms with E-state index in [9.17, 15) is 9.59 Å². The molecule has 0 saturated carbocycles. The fourth-order valence-electron chi connectivity index (χ4n) is 4.10. The molecule has 2 aliphatic rings. The Morgan fingerprint density at radius 1 is 1.23 bits per heavy atom. The van der Waals surface area contributed by atoms with Gasteiger partial charge < -0.3 is 30.4 Å². The van der Waals surface area contributed by atoms with Crippen molar-refractivity contribution in [1.82, 2.24) is 15.2 Å². The van der Waals surface area contributed by atoms with Gasteiger partial charge in [-0.05, 0) is 30.5 Å². The summed E-state index contributed by atoms with van der Waals surface area (Å²) in [7, 11) is 0. The summed E-state index contributed by atoms with van der Waals surface area (Å²) in [4.78, 5) is 31.9. The molecule has 10 heteroatoms. The zero-order valence-electron chi connectivity index (χ0n) is 19.4. The Bertz CT molecular complexity index is 1120. The predicted molar refractivity (Wildman–Crippen MR) is 133 cm³/mol. The number of likely N-dealkylation sites (tertiary alicyclic amines) is 1. The number of ether oxygens (including phenoxy) is 2. The van der Waals surface area contributed by atoms with Crippen molar-refractivity contribution in [3.8, 4) is 11.1 Å². The van der Waals surface area contributed by atoms with Gasteiger partial charge in [0.25, 0.3) is 11.8 Å². The molecule has 2 atom stereocenters. The molecule has 0 bridgehead atoms. The Balaban J connectivity index is 1.41. The molecule has 3 heterocycles. The number of carbonyl (C=O) groups is 2. The number of nitrogens with zero attached hydrogens (tertiary/aromatic N) is 2. The van der Waals surface area contributed by atoms with Crippen LogP contribution in [-0.2, 0) is 19.1 Å². The van der Waals surface area contributed by atoms with Crippen LogP contribution in [0.1, 0.15) is 12.0 Å². The molecule has 0 spiro atoms. The van der Waals surface area contributed by atoms with Crippen LogP contribution < -0.4 is 10.6 Å². The fourth-order valence-corrected chi connectivity index (χ4v) is 4.24. The van der Waals surface area contributed by atoms with Crippen molar-refractivity contribution in [1.29, 1.82) is 5.41 Å². The van der Waals surface area contributed by atoms with Crippen molar-refractivity contribution >= 4 is 35.4 Å². The number of benzene rings is 1. The number of hydrogen-bond donors (Lipinski definition) is 3. The second-order valence-corrected chi connectivity index (χ2v) is 8.83. The Morgan fingerprint density at radius 2 is 2.03 bits per heavy atom. The quantitative estimate of drug-likeness (QED) is 0.400. The minimum Gasteiger partial charge on any atom is -0.376 e. The van der Waals surface area contributed by atoms with Gasteiger partial charge in [0.05, 0.1) is 24.9 Å². The Kier molecular flexibility index (Phi) is 8.12. The summed E-state index contributed by atoms with van der Waals surface area (Å²) in [5.41, 5.74) is 2.82. The van der Waals surface area contributed by atoms with E-state index >= 15 is 0 Å². The van der Waals surface area contributed by atoms with Crippen molar-refractivity contribution in [2.75, 3.05) is 38.2 Å². The van der Waals surface area contributed by atoms with E-state index in [1.807, 2.05) is 43.3 Å². The van der Waals surface area contributed by atoms with Gasteiger partial charge in [0.1, 0.15) is 11.5 Å². The first kappa shape index (κ1) is 24.8. The van der Waals surface area contributed by atoms with Crippen molar-refractivity contribution in [3.63, 3.8) is 0 Å². The highest BCUT2D eigenvalue weighted by Gasteiger charge is 2.33. The predicted octanol–water partition coefficient (Wildman–Crippen LogP) is 2.70. The Morgan fingerprint density at radius 3 is 2.71 bits per heavy atom. The summed E-state index contributed by atoms with van der Waals surface area (Å²) in [5, 5.41) is 13.4. The van der Waals surface area contributed by atoms with Crippen molar-refractivity contribution in [3.05, 3.63) is 58.9 Å². The highest BCUT2D eigenvalue weighted by Crippen LogP contribution is 2.23. The number of aromatic nitrogens is 1. The van der Waals surface area contributed by atoms with Gasteiger partial charge in [-0.25, -0.2) is 4.98 Å². The number of anilines is 1. The molecule has 35 heavy (non-hydrogen) atoms. The molecule has 1 aromatic heterocycles. The van der Waals surface area contributed by atoms with Crippen molar-refractivity contribution in [2.45, 2.75) is 25.5 Å². The maximum Gasteiger partial charge on any atom is 0.274 e. The lowest BCUT2D eigenvalue weighted by Gasteiger charge is -2.26. The average molecular weight is 498 g/mol. The van der Waals surface area contributed by atoms with Gasteiger partial charge in [-0.1, -0.05) is 41.9 Å². The number of carbonyl (C=O) groups excluding carboxylic acids is 2. The first-order valence-electron chi connectivity index (χ1n) is 11.4. The van der Waals surface area contributed by atoms with E-state index in [-0.39, 0.29) is 29.3 Å². The van der Waals surface area contributed by atoms with Crippen LogP contribution in [0.5, 0.6) is 0 Å². The largest absolute Gasteiger partial charge is 0.376 e. The molecule has 2 aliphatic heterocycles. The summed E-state index contributed by atoms with van der Waals surface area (Å²) >= 11 is 6.21. The molecule has 9 nitrogen and oxygen atoms in total. The molecule has 2 fully saturated rings. The minimum atomic E-state index is -0.598. The van der Waals surface area contributed by atoms with E-state index in [2.05, 4.69) is 15.6 Å². The molecular formula is C25H28ClN5O4. The number of nitrogens with one attached hydrogen (secondary N) is 3. The summed E-state index contributed by atoms with van der Waals surface area (Å²) in [6, 6.07) is 11.6. The molecule has 4 rings (SSSR count). The number of hydrogen-bond acceptors (Lipinski definition) is 7. The van der Waals surface area contributed by atoms with Gasteiger partial charge in [0, 0.05) is 37.1 Å². The normalized spacial score (nSPS) is 20.7. The average Bonchev–Trinajstić information content (AvgIpc) is 3.37. The Labute approximate surface area is 209 Å². The first-order valence-corrected chi connectivity index (χ1v) is 11.8. The smallest absolute Gasteiger partial charge is 0.274 e. The first-order chi connectivity index (χ1) is 17.0. The number of allylic oxidation sites excluding steroid dienone is 1. The zero-order valence-corrected chi connectivity index (χ0v) is 20.2. The van der Waals surface area contributed by atoms with Crippen LogP contribution in [0.2, 0.25) is 0 Å². The van der Waals surface area contributed by atoms with Gasteiger partial charge in [0.15, 0.2) is 6.10 Å². The lowest BCUT2D eigenvalue weighted by molar-refractivity contribution is -0.156. The minimum absolute atomic E-state index is 0.0325. The zero-order chi connectivity index (χ0) is 24.8. The van der Waals surface area contributed by atoms with Crippen LogP contribution in [0.25, 0.3) is 11.1 Å². The molecule has 3 N–H and O–H groups in total. The highest BCUT2D eigenvalue weighted by molar-refractivity contribution is 6.41.